The second kappa shape index (κ2) is 5.30. The van der Waals surface area contributed by atoms with Crippen LogP contribution in [0.15, 0.2) is 18.2 Å². The van der Waals surface area contributed by atoms with Crippen molar-refractivity contribution in [3.8, 4) is 5.75 Å². The van der Waals surface area contributed by atoms with E-state index < -0.39 is 5.97 Å². The lowest BCUT2D eigenvalue weighted by Crippen LogP contribution is -2.09. The van der Waals surface area contributed by atoms with Gasteiger partial charge in [0.1, 0.15) is 5.75 Å². The van der Waals surface area contributed by atoms with Crippen molar-refractivity contribution in [2.45, 2.75) is 20.0 Å². The van der Waals surface area contributed by atoms with Crippen molar-refractivity contribution in [3.05, 3.63) is 29.3 Å². The molecule has 0 aliphatic heterocycles. The maximum Gasteiger partial charge on any atom is 0.337 e. The third-order valence-corrected chi connectivity index (χ3v) is 1.92. The minimum atomic E-state index is -0.473. The van der Waals surface area contributed by atoms with Crippen molar-refractivity contribution in [3.63, 3.8) is 0 Å². The van der Waals surface area contributed by atoms with Crippen LogP contribution in [0, 0.1) is 0 Å². The molecule has 0 unspecified atom stereocenters. The first-order valence-electron chi connectivity index (χ1n) is 4.92. The predicted molar refractivity (Wildman–Crippen MR) is 58.9 cm³/mol. The van der Waals surface area contributed by atoms with Gasteiger partial charge in [-0.15, -0.1) is 0 Å². The zero-order valence-electron chi connectivity index (χ0n) is 9.52. The van der Waals surface area contributed by atoms with Gasteiger partial charge in [0.15, 0.2) is 6.29 Å². The Morgan fingerprint density at radius 1 is 1.38 bits per heavy atom. The zero-order chi connectivity index (χ0) is 12.1. The molecule has 4 nitrogen and oxygen atoms in total. The first-order chi connectivity index (χ1) is 7.58. The van der Waals surface area contributed by atoms with Crippen LogP contribution in [0.5, 0.6) is 5.75 Å². The normalized spacial score (nSPS) is 10.0. The van der Waals surface area contributed by atoms with Crippen LogP contribution in [0.1, 0.15) is 34.6 Å². The third-order valence-electron chi connectivity index (χ3n) is 1.92. The first-order valence-corrected chi connectivity index (χ1v) is 4.92. The summed E-state index contributed by atoms with van der Waals surface area (Å²) in [5.41, 5.74) is 0.678. The molecule has 0 saturated heterocycles. The summed E-state index contributed by atoms with van der Waals surface area (Å²) in [6, 6.07) is 4.61. The Kier molecular flexibility index (Phi) is 4.05. The van der Waals surface area contributed by atoms with E-state index in [1.54, 1.807) is 12.1 Å². The molecule has 0 saturated carbocycles. The van der Waals surface area contributed by atoms with Gasteiger partial charge in [0.2, 0.25) is 0 Å². The van der Waals surface area contributed by atoms with Gasteiger partial charge in [-0.1, -0.05) is 0 Å². The Balaban J connectivity index is 3.06. The Hall–Kier alpha value is -1.84. The Morgan fingerprint density at radius 3 is 2.56 bits per heavy atom. The highest BCUT2D eigenvalue weighted by Crippen LogP contribution is 2.20. The summed E-state index contributed by atoms with van der Waals surface area (Å²) in [7, 11) is 1.29. The molecular weight excluding hydrogens is 208 g/mol. The summed E-state index contributed by atoms with van der Waals surface area (Å²) in [5.74, 6) is -0.00292. The van der Waals surface area contributed by atoms with Crippen LogP contribution in [0.3, 0.4) is 0 Å². The van der Waals surface area contributed by atoms with Crippen LogP contribution >= 0.6 is 0 Å². The van der Waals surface area contributed by atoms with Crippen LogP contribution in [-0.4, -0.2) is 25.5 Å². The number of benzene rings is 1. The fourth-order valence-electron chi connectivity index (χ4n) is 1.25. The Morgan fingerprint density at radius 2 is 2.06 bits per heavy atom. The molecule has 0 radical (unpaired) electrons. The Labute approximate surface area is 94.2 Å². The highest BCUT2D eigenvalue weighted by Gasteiger charge is 2.10. The van der Waals surface area contributed by atoms with Gasteiger partial charge < -0.3 is 9.47 Å². The number of ether oxygens (including phenoxy) is 2. The van der Waals surface area contributed by atoms with Gasteiger partial charge in [-0.25, -0.2) is 4.79 Å². The molecule has 0 aliphatic rings. The SMILES string of the molecule is COC(=O)c1ccc(OC(C)C)c(C=O)c1. The molecule has 0 amide bonds. The molecule has 4 heteroatoms. The van der Waals surface area contributed by atoms with Crippen molar-refractivity contribution < 1.29 is 19.1 Å². The molecule has 0 atom stereocenters. The summed E-state index contributed by atoms with van der Waals surface area (Å²) < 4.78 is 9.98. The van der Waals surface area contributed by atoms with Crippen molar-refractivity contribution in [2.75, 3.05) is 7.11 Å². The number of hydrogen-bond donors (Lipinski definition) is 0. The number of aldehydes is 1. The van der Waals surface area contributed by atoms with Crippen molar-refractivity contribution in [1.29, 1.82) is 0 Å². The maximum absolute atomic E-state index is 11.2. The zero-order valence-corrected chi connectivity index (χ0v) is 9.52. The largest absolute Gasteiger partial charge is 0.490 e. The summed E-state index contributed by atoms with van der Waals surface area (Å²) in [6.45, 7) is 3.73. The first kappa shape index (κ1) is 12.2. The van der Waals surface area contributed by atoms with E-state index in [4.69, 9.17) is 4.74 Å². The van der Waals surface area contributed by atoms with Gasteiger partial charge in [-0.2, -0.15) is 0 Å². The van der Waals surface area contributed by atoms with Gasteiger partial charge in [-0.05, 0) is 32.0 Å². The fraction of sp³-hybridized carbons (Fsp3) is 0.333. The van der Waals surface area contributed by atoms with E-state index in [-0.39, 0.29) is 6.10 Å². The Bertz CT molecular complexity index is 396. The number of methoxy groups -OCH3 is 1. The molecule has 86 valence electrons. The van der Waals surface area contributed by atoms with Crippen LogP contribution in [-0.2, 0) is 4.74 Å². The number of carbonyl (C=O) groups excluding carboxylic acids is 2. The van der Waals surface area contributed by atoms with E-state index in [0.29, 0.717) is 23.2 Å². The topological polar surface area (TPSA) is 52.6 Å². The van der Waals surface area contributed by atoms with Crippen molar-refractivity contribution >= 4 is 12.3 Å². The lowest BCUT2D eigenvalue weighted by molar-refractivity contribution is 0.0600. The van der Waals surface area contributed by atoms with Crippen LogP contribution in [0.25, 0.3) is 0 Å². The van der Waals surface area contributed by atoms with Gasteiger partial charge in [0.25, 0.3) is 0 Å². The van der Waals surface area contributed by atoms with Gasteiger partial charge >= 0.3 is 5.97 Å². The number of esters is 1. The number of rotatable bonds is 4. The second-order valence-electron chi connectivity index (χ2n) is 3.53. The van der Waals surface area contributed by atoms with Crippen LogP contribution in [0.2, 0.25) is 0 Å². The molecule has 0 aromatic heterocycles. The van der Waals surface area contributed by atoms with E-state index in [9.17, 15) is 9.59 Å². The predicted octanol–water partition coefficient (Wildman–Crippen LogP) is 2.07. The molecule has 0 spiro atoms. The number of carbonyl (C=O) groups is 2. The van der Waals surface area contributed by atoms with Gasteiger partial charge in [0.05, 0.1) is 24.3 Å². The molecule has 0 fully saturated rings. The summed E-state index contributed by atoms with van der Waals surface area (Å²) in [5, 5.41) is 0. The van der Waals surface area contributed by atoms with Crippen LogP contribution < -0.4 is 4.74 Å². The molecule has 0 aliphatic carbocycles. The van der Waals surface area contributed by atoms with E-state index in [0.717, 1.165) is 0 Å². The third kappa shape index (κ3) is 2.82. The quantitative estimate of drug-likeness (QED) is 0.578. The average molecular weight is 222 g/mol. The molecule has 1 rings (SSSR count). The van der Waals surface area contributed by atoms with E-state index in [1.807, 2.05) is 13.8 Å². The standard InChI is InChI=1S/C12H14O4/c1-8(2)16-11-5-4-9(12(14)15-3)6-10(11)7-13/h4-8H,1-3H3. The molecule has 0 N–H and O–H groups in total. The fourth-order valence-corrected chi connectivity index (χ4v) is 1.25. The second-order valence-corrected chi connectivity index (χ2v) is 3.53. The highest BCUT2D eigenvalue weighted by atomic mass is 16.5. The summed E-state index contributed by atoms with van der Waals surface area (Å²) in [4.78, 5) is 22.1. The van der Waals surface area contributed by atoms with Crippen molar-refractivity contribution in [1.82, 2.24) is 0 Å². The molecule has 0 heterocycles. The van der Waals surface area contributed by atoms with E-state index >= 15 is 0 Å². The minimum Gasteiger partial charge on any atom is -0.490 e. The smallest absolute Gasteiger partial charge is 0.337 e. The molecule has 1 aromatic rings. The highest BCUT2D eigenvalue weighted by molar-refractivity contribution is 5.92. The van der Waals surface area contributed by atoms with Gasteiger partial charge in [0, 0.05) is 0 Å². The maximum atomic E-state index is 11.2. The van der Waals surface area contributed by atoms with Crippen LogP contribution in [0.4, 0.5) is 0 Å². The minimum absolute atomic E-state index is 0.0253. The summed E-state index contributed by atoms with van der Waals surface area (Å²) >= 11 is 0. The molecular formula is C12H14O4. The van der Waals surface area contributed by atoms with E-state index in [2.05, 4.69) is 4.74 Å². The number of hydrogen-bond acceptors (Lipinski definition) is 4. The van der Waals surface area contributed by atoms with Gasteiger partial charge in [-0.3, -0.25) is 4.79 Å². The lowest BCUT2D eigenvalue weighted by atomic mass is 10.1. The lowest BCUT2D eigenvalue weighted by Gasteiger charge is -2.12. The monoisotopic (exact) mass is 222 g/mol. The molecule has 1 aromatic carbocycles. The van der Waals surface area contributed by atoms with E-state index in [1.165, 1.54) is 13.2 Å². The van der Waals surface area contributed by atoms with Crippen molar-refractivity contribution in [2.24, 2.45) is 0 Å². The molecule has 16 heavy (non-hydrogen) atoms. The molecule has 0 bridgehead atoms. The summed E-state index contributed by atoms with van der Waals surface area (Å²) in [6.07, 6.45) is 0.632. The average Bonchev–Trinajstić information content (AvgIpc) is 2.27.